The number of rotatable bonds is 6. The first kappa shape index (κ1) is 14.6. The molecule has 4 nitrogen and oxygen atoms in total. The van der Waals surface area contributed by atoms with Gasteiger partial charge in [0.15, 0.2) is 0 Å². The minimum absolute atomic E-state index is 0.0779. The van der Waals surface area contributed by atoms with Crippen molar-refractivity contribution in [2.24, 2.45) is 5.92 Å². The minimum Gasteiger partial charge on any atom is -0.326 e. The van der Waals surface area contributed by atoms with Gasteiger partial charge in [0.2, 0.25) is 5.91 Å². The van der Waals surface area contributed by atoms with Gasteiger partial charge in [0.1, 0.15) is 0 Å². The zero-order chi connectivity index (χ0) is 13.0. The standard InChI is InChI=1S/C12H24N2O2S/c1-9(2)8-11-13-10(3)12(15)14(11)6-5-7-17(4)16/h9-11,13H,5-8H2,1-4H3. The summed E-state index contributed by atoms with van der Waals surface area (Å²) >= 11 is 0. The van der Waals surface area contributed by atoms with Gasteiger partial charge in [-0.2, -0.15) is 0 Å². The van der Waals surface area contributed by atoms with Gasteiger partial charge in [0.25, 0.3) is 0 Å². The largest absolute Gasteiger partial charge is 0.326 e. The SMILES string of the molecule is CC(C)CC1NC(C)C(=O)N1CCCS(C)=O. The summed E-state index contributed by atoms with van der Waals surface area (Å²) in [6, 6.07) is -0.0779. The Labute approximate surface area is 107 Å². The maximum Gasteiger partial charge on any atom is 0.240 e. The summed E-state index contributed by atoms with van der Waals surface area (Å²) in [4.78, 5) is 13.9. The number of hydrogen-bond donors (Lipinski definition) is 1. The Bertz CT molecular complexity index is 294. The highest BCUT2D eigenvalue weighted by atomic mass is 32.2. The molecule has 0 bridgehead atoms. The Morgan fingerprint density at radius 2 is 2.12 bits per heavy atom. The summed E-state index contributed by atoms with van der Waals surface area (Å²) in [6.07, 6.45) is 3.66. The first-order valence-electron chi connectivity index (χ1n) is 6.28. The summed E-state index contributed by atoms with van der Waals surface area (Å²) in [5, 5.41) is 3.32. The van der Waals surface area contributed by atoms with Gasteiger partial charge in [-0.15, -0.1) is 0 Å². The van der Waals surface area contributed by atoms with Crippen molar-refractivity contribution in [1.29, 1.82) is 0 Å². The van der Waals surface area contributed by atoms with E-state index in [1.807, 2.05) is 11.8 Å². The van der Waals surface area contributed by atoms with Crippen LogP contribution < -0.4 is 5.32 Å². The van der Waals surface area contributed by atoms with E-state index in [2.05, 4.69) is 19.2 Å². The molecule has 100 valence electrons. The highest BCUT2D eigenvalue weighted by molar-refractivity contribution is 7.84. The molecule has 1 heterocycles. The molecule has 0 aromatic heterocycles. The van der Waals surface area contributed by atoms with Gasteiger partial charge in [0, 0.05) is 29.4 Å². The molecule has 0 spiro atoms. The molecule has 1 amide bonds. The number of nitrogens with zero attached hydrogens (tertiary/aromatic N) is 1. The molecular formula is C12H24N2O2S. The Balaban J connectivity index is 2.51. The molecule has 0 saturated carbocycles. The van der Waals surface area contributed by atoms with E-state index in [9.17, 15) is 9.00 Å². The number of carbonyl (C=O) groups is 1. The van der Waals surface area contributed by atoms with E-state index >= 15 is 0 Å². The zero-order valence-corrected chi connectivity index (χ0v) is 12.0. The van der Waals surface area contributed by atoms with E-state index in [0.29, 0.717) is 18.2 Å². The quantitative estimate of drug-likeness (QED) is 0.773. The van der Waals surface area contributed by atoms with E-state index in [-0.39, 0.29) is 18.1 Å². The van der Waals surface area contributed by atoms with Crippen LogP contribution in [0.4, 0.5) is 0 Å². The zero-order valence-electron chi connectivity index (χ0n) is 11.2. The first-order valence-corrected chi connectivity index (χ1v) is 8.01. The summed E-state index contributed by atoms with van der Waals surface area (Å²) in [5.41, 5.74) is 0. The molecule has 0 aromatic carbocycles. The average Bonchev–Trinajstić information content (AvgIpc) is 2.44. The van der Waals surface area contributed by atoms with Crippen molar-refractivity contribution in [2.45, 2.75) is 45.8 Å². The molecule has 1 fully saturated rings. The van der Waals surface area contributed by atoms with Crippen molar-refractivity contribution in [1.82, 2.24) is 10.2 Å². The minimum atomic E-state index is -0.766. The molecule has 1 aliphatic rings. The molecular weight excluding hydrogens is 236 g/mol. The first-order chi connectivity index (χ1) is 7.91. The third kappa shape index (κ3) is 4.39. The van der Waals surface area contributed by atoms with Crippen LogP contribution in [0, 0.1) is 5.92 Å². The maximum absolute atomic E-state index is 12.0. The summed E-state index contributed by atoms with van der Waals surface area (Å²) < 4.78 is 11.0. The highest BCUT2D eigenvalue weighted by Crippen LogP contribution is 2.17. The number of hydrogen-bond acceptors (Lipinski definition) is 3. The normalized spacial score (nSPS) is 26.9. The van der Waals surface area contributed by atoms with Gasteiger partial charge in [-0.3, -0.25) is 14.3 Å². The lowest BCUT2D eigenvalue weighted by molar-refractivity contribution is -0.129. The molecule has 3 unspecified atom stereocenters. The third-order valence-electron chi connectivity index (χ3n) is 3.00. The average molecular weight is 260 g/mol. The second-order valence-corrected chi connectivity index (χ2v) is 6.75. The van der Waals surface area contributed by atoms with Crippen LogP contribution >= 0.6 is 0 Å². The molecule has 3 atom stereocenters. The molecule has 0 aliphatic carbocycles. The number of nitrogens with one attached hydrogen (secondary N) is 1. The summed E-state index contributed by atoms with van der Waals surface area (Å²) in [5.74, 6) is 1.41. The van der Waals surface area contributed by atoms with Gasteiger partial charge in [-0.05, 0) is 25.7 Å². The van der Waals surface area contributed by atoms with E-state index in [1.54, 1.807) is 6.26 Å². The lowest BCUT2D eigenvalue weighted by Crippen LogP contribution is -2.39. The van der Waals surface area contributed by atoms with Gasteiger partial charge >= 0.3 is 0 Å². The number of carbonyl (C=O) groups excluding carboxylic acids is 1. The van der Waals surface area contributed by atoms with Crippen LogP contribution in [0.25, 0.3) is 0 Å². The van der Waals surface area contributed by atoms with Gasteiger partial charge in [-0.25, -0.2) is 0 Å². The molecule has 0 aromatic rings. The van der Waals surface area contributed by atoms with Crippen molar-refractivity contribution in [3.63, 3.8) is 0 Å². The fourth-order valence-corrected chi connectivity index (χ4v) is 2.73. The molecule has 5 heteroatoms. The fourth-order valence-electron chi connectivity index (χ4n) is 2.20. The Morgan fingerprint density at radius 1 is 1.47 bits per heavy atom. The van der Waals surface area contributed by atoms with Crippen LogP contribution in [0.2, 0.25) is 0 Å². The van der Waals surface area contributed by atoms with Crippen LogP contribution in [0.1, 0.15) is 33.6 Å². The van der Waals surface area contributed by atoms with E-state index in [4.69, 9.17) is 0 Å². The molecule has 1 rings (SSSR count). The molecule has 0 radical (unpaired) electrons. The van der Waals surface area contributed by atoms with Crippen molar-refractivity contribution >= 4 is 16.7 Å². The second-order valence-electron chi connectivity index (χ2n) is 5.20. The van der Waals surface area contributed by atoms with Crippen molar-refractivity contribution in [3.8, 4) is 0 Å². The van der Waals surface area contributed by atoms with E-state index < -0.39 is 10.8 Å². The Hall–Kier alpha value is -0.420. The summed E-state index contributed by atoms with van der Waals surface area (Å²) in [7, 11) is -0.766. The number of amides is 1. The van der Waals surface area contributed by atoms with Gasteiger partial charge in [-0.1, -0.05) is 13.8 Å². The van der Waals surface area contributed by atoms with Crippen LogP contribution in [0.15, 0.2) is 0 Å². The predicted molar refractivity (Wildman–Crippen MR) is 71.1 cm³/mol. The van der Waals surface area contributed by atoms with Gasteiger partial charge < -0.3 is 4.90 Å². The van der Waals surface area contributed by atoms with Crippen molar-refractivity contribution in [3.05, 3.63) is 0 Å². The van der Waals surface area contributed by atoms with Crippen LogP contribution in [-0.4, -0.2) is 45.8 Å². The van der Waals surface area contributed by atoms with Crippen LogP contribution in [0.3, 0.4) is 0 Å². The smallest absolute Gasteiger partial charge is 0.240 e. The molecule has 1 saturated heterocycles. The predicted octanol–water partition coefficient (Wildman–Crippen LogP) is 0.948. The van der Waals surface area contributed by atoms with Crippen LogP contribution in [-0.2, 0) is 15.6 Å². The van der Waals surface area contributed by atoms with Crippen molar-refractivity contribution in [2.75, 3.05) is 18.6 Å². The van der Waals surface area contributed by atoms with Crippen molar-refractivity contribution < 1.29 is 9.00 Å². The van der Waals surface area contributed by atoms with Crippen LogP contribution in [0.5, 0.6) is 0 Å². The lowest BCUT2D eigenvalue weighted by Gasteiger charge is -2.25. The molecule has 1 aliphatic heterocycles. The summed E-state index contributed by atoms with van der Waals surface area (Å²) in [6.45, 7) is 6.95. The van der Waals surface area contributed by atoms with E-state index in [0.717, 1.165) is 12.8 Å². The lowest BCUT2D eigenvalue weighted by atomic mass is 10.1. The Kier molecular flexibility index (Phi) is 5.59. The maximum atomic E-state index is 12.0. The molecule has 1 N–H and O–H groups in total. The third-order valence-corrected chi connectivity index (χ3v) is 3.86. The van der Waals surface area contributed by atoms with Gasteiger partial charge in [0.05, 0.1) is 12.2 Å². The molecule has 17 heavy (non-hydrogen) atoms. The highest BCUT2D eigenvalue weighted by Gasteiger charge is 2.35. The Morgan fingerprint density at radius 3 is 2.65 bits per heavy atom. The monoisotopic (exact) mass is 260 g/mol. The topological polar surface area (TPSA) is 49.4 Å². The van der Waals surface area contributed by atoms with E-state index in [1.165, 1.54) is 0 Å². The second kappa shape index (κ2) is 6.50. The fraction of sp³-hybridized carbons (Fsp3) is 0.917.